The average Bonchev–Trinajstić information content (AvgIpc) is 2.62. The second-order valence-corrected chi connectivity index (χ2v) is 6.74. The van der Waals surface area contributed by atoms with Crippen molar-refractivity contribution in [1.29, 1.82) is 0 Å². The molecule has 0 atom stereocenters. The van der Waals surface area contributed by atoms with Crippen LogP contribution in [0.1, 0.15) is 41.6 Å². The molecule has 2 N–H and O–H groups in total. The molecule has 1 aromatic heterocycles. The number of carboxylic acid groups (broad SMARTS) is 1. The molecule has 2 rings (SSSR count). The van der Waals surface area contributed by atoms with Crippen LogP contribution in [0.25, 0.3) is 0 Å². The summed E-state index contributed by atoms with van der Waals surface area (Å²) in [5.41, 5.74) is -0.305. The summed E-state index contributed by atoms with van der Waals surface area (Å²) in [7, 11) is -3.92. The van der Waals surface area contributed by atoms with Gasteiger partial charge in [-0.2, -0.15) is 0 Å². The van der Waals surface area contributed by atoms with E-state index in [-0.39, 0.29) is 34.1 Å². The van der Waals surface area contributed by atoms with Crippen molar-refractivity contribution >= 4 is 16.0 Å². The normalized spacial score (nSPS) is 22.0. The van der Waals surface area contributed by atoms with Gasteiger partial charge in [-0.05, 0) is 33.6 Å². The summed E-state index contributed by atoms with van der Waals surface area (Å²) in [5, 5.41) is 9.17. The molecule has 0 aliphatic heterocycles. The number of aryl methyl sites for hydroxylation is 2. The minimum atomic E-state index is -3.92. The highest BCUT2D eigenvalue weighted by Gasteiger charge is 2.37. The van der Waals surface area contributed by atoms with Crippen LogP contribution in [-0.4, -0.2) is 38.2 Å². The molecule has 7 nitrogen and oxygen atoms in total. The Morgan fingerprint density at radius 3 is 2.52 bits per heavy atom. The summed E-state index contributed by atoms with van der Waals surface area (Å²) in [4.78, 5) is 11.0. The molecule has 0 aromatic carbocycles. The number of carboxylic acids is 1. The van der Waals surface area contributed by atoms with Gasteiger partial charge in [0.15, 0.2) is 0 Å². The van der Waals surface area contributed by atoms with Crippen LogP contribution in [-0.2, 0) is 14.8 Å². The summed E-state index contributed by atoms with van der Waals surface area (Å²) in [6.45, 7) is 5.35. The molecule has 0 amide bonds. The third-order valence-corrected chi connectivity index (χ3v) is 5.18. The van der Waals surface area contributed by atoms with E-state index in [0.717, 1.165) is 0 Å². The lowest BCUT2D eigenvalue weighted by atomic mass is 9.90. The maximum absolute atomic E-state index is 12.4. The van der Waals surface area contributed by atoms with Crippen molar-refractivity contribution in [2.24, 2.45) is 0 Å². The smallest absolute Gasteiger partial charge is 0.340 e. The van der Waals surface area contributed by atoms with Crippen LogP contribution in [0.3, 0.4) is 0 Å². The Balaban J connectivity index is 2.20. The lowest BCUT2D eigenvalue weighted by Crippen LogP contribution is -2.47. The predicted molar refractivity (Wildman–Crippen MR) is 73.9 cm³/mol. The van der Waals surface area contributed by atoms with Gasteiger partial charge in [-0.25, -0.2) is 17.9 Å². The van der Waals surface area contributed by atoms with E-state index in [4.69, 9.17) is 14.3 Å². The first-order valence-electron chi connectivity index (χ1n) is 6.73. The predicted octanol–water partition coefficient (Wildman–Crippen LogP) is 1.44. The zero-order valence-corrected chi connectivity index (χ0v) is 13.0. The van der Waals surface area contributed by atoms with Crippen molar-refractivity contribution < 1.29 is 27.5 Å². The minimum absolute atomic E-state index is 0.0637. The lowest BCUT2D eigenvalue weighted by molar-refractivity contribution is -0.00477. The molecule has 0 spiro atoms. The van der Waals surface area contributed by atoms with E-state index in [1.54, 1.807) is 0 Å². The Bertz CT molecular complexity index is 642. The third-order valence-electron chi connectivity index (χ3n) is 3.51. The van der Waals surface area contributed by atoms with Crippen molar-refractivity contribution in [3.8, 4) is 0 Å². The molecule has 8 heteroatoms. The molecule has 1 heterocycles. The van der Waals surface area contributed by atoms with Crippen LogP contribution < -0.4 is 4.72 Å². The topological polar surface area (TPSA) is 106 Å². The Morgan fingerprint density at radius 1 is 1.38 bits per heavy atom. The number of hydrogen-bond donors (Lipinski definition) is 2. The summed E-state index contributed by atoms with van der Waals surface area (Å²) >= 11 is 0. The minimum Gasteiger partial charge on any atom is -0.478 e. The van der Waals surface area contributed by atoms with Crippen LogP contribution in [0.5, 0.6) is 0 Å². The molecule has 1 fully saturated rings. The molecule has 1 aromatic rings. The molecule has 0 saturated heterocycles. The summed E-state index contributed by atoms with van der Waals surface area (Å²) in [5.74, 6) is -1.15. The standard InChI is InChI=1S/C13H19NO6S/c1-4-19-10-5-9(6-10)14-21(17,18)12-8(3)20-7(2)11(12)13(15)16/h9-10,14H,4-6H2,1-3H3,(H,15,16). The Labute approximate surface area is 123 Å². The first kappa shape index (κ1) is 16.0. The fourth-order valence-corrected chi connectivity index (χ4v) is 4.22. The Morgan fingerprint density at radius 2 is 2.00 bits per heavy atom. The molecule has 1 aliphatic rings. The molecule has 0 radical (unpaired) electrons. The van der Waals surface area contributed by atoms with Gasteiger partial charge in [0, 0.05) is 12.6 Å². The number of aromatic carboxylic acids is 1. The molecule has 1 saturated carbocycles. The summed E-state index contributed by atoms with van der Waals surface area (Å²) in [6.07, 6.45) is 1.24. The van der Waals surface area contributed by atoms with Crippen LogP contribution in [0, 0.1) is 13.8 Å². The van der Waals surface area contributed by atoms with E-state index >= 15 is 0 Å². The second kappa shape index (κ2) is 5.78. The van der Waals surface area contributed by atoms with Crippen LogP contribution in [0.15, 0.2) is 9.31 Å². The lowest BCUT2D eigenvalue weighted by Gasteiger charge is -2.35. The zero-order chi connectivity index (χ0) is 15.8. The van der Waals surface area contributed by atoms with Crippen LogP contribution in [0.4, 0.5) is 0 Å². The maximum atomic E-state index is 12.4. The molecule has 21 heavy (non-hydrogen) atoms. The number of ether oxygens (including phenoxy) is 1. The van der Waals surface area contributed by atoms with Crippen molar-refractivity contribution in [3.05, 3.63) is 17.1 Å². The number of nitrogens with one attached hydrogen (secondary N) is 1. The summed E-state index contributed by atoms with van der Waals surface area (Å²) in [6, 6.07) is -0.234. The monoisotopic (exact) mass is 317 g/mol. The SMILES string of the molecule is CCOC1CC(NS(=O)(=O)c2c(C)oc(C)c2C(=O)O)C1. The van der Waals surface area contributed by atoms with E-state index in [2.05, 4.69) is 4.72 Å². The highest BCUT2D eigenvalue weighted by atomic mass is 32.2. The van der Waals surface area contributed by atoms with Crippen molar-refractivity contribution in [3.63, 3.8) is 0 Å². The quantitative estimate of drug-likeness (QED) is 0.822. The van der Waals surface area contributed by atoms with Gasteiger partial charge in [0.2, 0.25) is 10.0 Å². The first-order chi connectivity index (χ1) is 9.76. The Hall–Kier alpha value is -1.38. The van der Waals surface area contributed by atoms with Crippen LogP contribution >= 0.6 is 0 Å². The number of carbonyl (C=O) groups is 1. The van der Waals surface area contributed by atoms with E-state index in [9.17, 15) is 13.2 Å². The Kier molecular flexibility index (Phi) is 4.40. The molecule has 0 bridgehead atoms. The van der Waals surface area contributed by atoms with Gasteiger partial charge < -0.3 is 14.3 Å². The van der Waals surface area contributed by atoms with Gasteiger partial charge >= 0.3 is 5.97 Å². The van der Waals surface area contributed by atoms with Gasteiger partial charge in [0.1, 0.15) is 22.0 Å². The van der Waals surface area contributed by atoms with Crippen molar-refractivity contribution in [2.45, 2.75) is 50.7 Å². The fraction of sp³-hybridized carbons (Fsp3) is 0.615. The second-order valence-electron chi connectivity index (χ2n) is 5.09. The van der Waals surface area contributed by atoms with E-state index < -0.39 is 16.0 Å². The fourth-order valence-electron chi connectivity index (χ4n) is 2.55. The number of sulfonamides is 1. The van der Waals surface area contributed by atoms with Gasteiger partial charge in [0.05, 0.1) is 6.10 Å². The van der Waals surface area contributed by atoms with Gasteiger partial charge in [-0.1, -0.05) is 0 Å². The zero-order valence-electron chi connectivity index (χ0n) is 12.2. The highest BCUT2D eigenvalue weighted by molar-refractivity contribution is 7.89. The van der Waals surface area contributed by atoms with E-state index in [1.807, 2.05) is 6.92 Å². The molecule has 1 aliphatic carbocycles. The number of hydrogen-bond acceptors (Lipinski definition) is 5. The van der Waals surface area contributed by atoms with E-state index in [0.29, 0.717) is 19.4 Å². The number of furan rings is 1. The van der Waals surface area contributed by atoms with Gasteiger partial charge in [-0.3, -0.25) is 0 Å². The first-order valence-corrected chi connectivity index (χ1v) is 8.21. The summed E-state index contributed by atoms with van der Waals surface area (Å²) < 4.78 is 37.8. The van der Waals surface area contributed by atoms with E-state index in [1.165, 1.54) is 13.8 Å². The molecule has 118 valence electrons. The average molecular weight is 317 g/mol. The largest absolute Gasteiger partial charge is 0.478 e. The highest BCUT2D eigenvalue weighted by Crippen LogP contribution is 2.29. The third kappa shape index (κ3) is 3.12. The van der Waals surface area contributed by atoms with Crippen LogP contribution in [0.2, 0.25) is 0 Å². The number of rotatable bonds is 6. The van der Waals surface area contributed by atoms with Crippen molar-refractivity contribution in [1.82, 2.24) is 4.72 Å². The van der Waals surface area contributed by atoms with Gasteiger partial charge in [-0.15, -0.1) is 0 Å². The molecule has 0 unspecified atom stereocenters. The maximum Gasteiger partial charge on any atom is 0.340 e. The molecular weight excluding hydrogens is 298 g/mol. The van der Waals surface area contributed by atoms with Gasteiger partial charge in [0.25, 0.3) is 0 Å². The molecular formula is C13H19NO6S. The van der Waals surface area contributed by atoms with Crippen molar-refractivity contribution in [2.75, 3.05) is 6.61 Å².